The molecule has 2 aromatic carbocycles. The summed E-state index contributed by atoms with van der Waals surface area (Å²) in [5.41, 5.74) is 2.28. The molecule has 0 atom stereocenters. The van der Waals surface area contributed by atoms with Gasteiger partial charge in [-0.3, -0.25) is 0 Å². The molecule has 3 heteroatoms. The number of hydrogen-bond acceptors (Lipinski definition) is 3. The second-order valence-corrected chi connectivity index (χ2v) is 4.47. The zero-order chi connectivity index (χ0) is 12.3. The van der Waals surface area contributed by atoms with Crippen molar-refractivity contribution in [3.05, 3.63) is 54.1 Å². The highest BCUT2D eigenvalue weighted by Gasteiger charge is 1.99. The highest BCUT2D eigenvalue weighted by molar-refractivity contribution is 7.98. The van der Waals surface area contributed by atoms with E-state index in [1.54, 1.807) is 36.0 Å². The lowest BCUT2D eigenvalue weighted by Crippen LogP contribution is -2.21. The van der Waals surface area contributed by atoms with E-state index >= 15 is 0 Å². The molecule has 0 N–H and O–H groups in total. The van der Waals surface area contributed by atoms with Gasteiger partial charge in [-0.2, -0.15) is 0 Å². The molecule has 0 aliphatic carbocycles. The van der Waals surface area contributed by atoms with Crippen LogP contribution in [-0.4, -0.2) is 12.2 Å². The molecule has 0 unspecified atom stereocenters. The molecule has 0 aliphatic heterocycles. The van der Waals surface area contributed by atoms with E-state index in [1.165, 1.54) is 4.90 Å². The van der Waals surface area contributed by atoms with Crippen LogP contribution >= 0.6 is 11.8 Å². The number of thioether (sulfide) groups is 1. The van der Waals surface area contributed by atoms with Crippen molar-refractivity contribution in [1.82, 2.24) is 0 Å². The van der Waals surface area contributed by atoms with Gasteiger partial charge in [0.25, 0.3) is 0 Å². The second-order valence-electron chi connectivity index (χ2n) is 3.59. The Kier molecular flexibility index (Phi) is 3.49. The number of hydrogen-bond donors (Lipinski definition) is 0. The number of carboxylic acid groups (broad SMARTS) is 1. The van der Waals surface area contributed by atoms with Crippen LogP contribution in [0.25, 0.3) is 11.1 Å². The molecule has 0 spiro atoms. The molecule has 0 saturated heterocycles. The molecular weight excluding hydrogens is 232 g/mol. The van der Waals surface area contributed by atoms with Gasteiger partial charge in [0.2, 0.25) is 0 Å². The van der Waals surface area contributed by atoms with E-state index in [9.17, 15) is 9.90 Å². The summed E-state index contributed by atoms with van der Waals surface area (Å²) in [6.07, 6.45) is 2.03. The summed E-state index contributed by atoms with van der Waals surface area (Å²) in [5, 5.41) is 10.6. The molecule has 0 heterocycles. The smallest absolute Gasteiger partial charge is 0.0715 e. The van der Waals surface area contributed by atoms with Crippen molar-refractivity contribution in [1.29, 1.82) is 0 Å². The lowest BCUT2D eigenvalue weighted by Gasteiger charge is -2.05. The average Bonchev–Trinajstić information content (AvgIpc) is 2.39. The summed E-state index contributed by atoms with van der Waals surface area (Å²) < 4.78 is 0. The van der Waals surface area contributed by atoms with E-state index in [-0.39, 0.29) is 5.56 Å². The molecule has 2 rings (SSSR count). The van der Waals surface area contributed by atoms with Gasteiger partial charge in [-0.25, -0.2) is 0 Å². The van der Waals surface area contributed by atoms with Crippen LogP contribution in [0.1, 0.15) is 10.4 Å². The summed E-state index contributed by atoms with van der Waals surface area (Å²) >= 11 is 1.69. The first-order chi connectivity index (χ1) is 8.20. The Hall–Kier alpha value is -1.74. The van der Waals surface area contributed by atoms with E-state index in [4.69, 9.17) is 0 Å². The van der Waals surface area contributed by atoms with Crippen LogP contribution in [0.3, 0.4) is 0 Å². The Labute approximate surface area is 104 Å². The first kappa shape index (κ1) is 11.7. The molecular formula is C14H11O2S-. The fraction of sp³-hybridized carbons (Fsp3) is 0.0714. The Morgan fingerprint density at radius 1 is 0.941 bits per heavy atom. The number of carbonyl (C=O) groups excluding carboxylic acids is 1. The van der Waals surface area contributed by atoms with Crippen molar-refractivity contribution in [2.75, 3.05) is 6.26 Å². The van der Waals surface area contributed by atoms with E-state index in [0.717, 1.165) is 11.1 Å². The molecule has 0 amide bonds. The topological polar surface area (TPSA) is 40.1 Å². The third kappa shape index (κ3) is 2.68. The maximum absolute atomic E-state index is 10.6. The van der Waals surface area contributed by atoms with Crippen LogP contribution in [0, 0.1) is 0 Å². The van der Waals surface area contributed by atoms with Gasteiger partial charge in [0.1, 0.15) is 0 Å². The van der Waals surface area contributed by atoms with Crippen LogP contribution in [0.15, 0.2) is 53.4 Å². The highest BCUT2D eigenvalue weighted by Crippen LogP contribution is 2.23. The monoisotopic (exact) mass is 243 g/mol. The van der Waals surface area contributed by atoms with Gasteiger partial charge in [-0.1, -0.05) is 36.4 Å². The minimum atomic E-state index is -1.14. The van der Waals surface area contributed by atoms with Crippen molar-refractivity contribution in [3.63, 3.8) is 0 Å². The van der Waals surface area contributed by atoms with E-state index in [2.05, 4.69) is 0 Å². The Morgan fingerprint density at radius 3 is 1.82 bits per heavy atom. The summed E-state index contributed by atoms with van der Waals surface area (Å²) in [6, 6.07) is 14.9. The second kappa shape index (κ2) is 5.06. The molecule has 2 aromatic rings. The van der Waals surface area contributed by atoms with Gasteiger partial charge < -0.3 is 9.90 Å². The van der Waals surface area contributed by atoms with Gasteiger partial charge in [0.15, 0.2) is 0 Å². The van der Waals surface area contributed by atoms with Gasteiger partial charge in [0, 0.05) is 4.90 Å². The van der Waals surface area contributed by atoms with E-state index < -0.39 is 5.97 Å². The first-order valence-corrected chi connectivity index (χ1v) is 6.39. The minimum Gasteiger partial charge on any atom is -0.545 e. The minimum absolute atomic E-state index is 0.203. The molecule has 86 valence electrons. The van der Waals surface area contributed by atoms with Crippen LogP contribution in [0.2, 0.25) is 0 Å². The maximum atomic E-state index is 10.6. The molecule has 0 aromatic heterocycles. The quantitative estimate of drug-likeness (QED) is 0.777. The van der Waals surface area contributed by atoms with Gasteiger partial charge >= 0.3 is 0 Å². The normalized spacial score (nSPS) is 10.2. The molecule has 2 nitrogen and oxygen atoms in total. The number of carbonyl (C=O) groups is 1. The van der Waals surface area contributed by atoms with Crippen molar-refractivity contribution < 1.29 is 9.90 Å². The predicted octanol–water partition coefficient (Wildman–Crippen LogP) is 2.44. The number of benzene rings is 2. The Balaban J connectivity index is 2.29. The van der Waals surface area contributed by atoms with Gasteiger partial charge in [-0.15, -0.1) is 11.8 Å². The molecule has 0 radical (unpaired) electrons. The Bertz CT molecular complexity index is 515. The predicted molar refractivity (Wildman–Crippen MR) is 68.0 cm³/mol. The standard InChI is InChI=1S/C14H12O2S/c1-17-13-8-6-11(7-9-13)10-2-4-12(5-3-10)14(15)16/h2-9H,1H3,(H,15,16)/p-1. The third-order valence-corrected chi connectivity index (χ3v) is 3.29. The average molecular weight is 243 g/mol. The molecule has 0 bridgehead atoms. The van der Waals surface area contributed by atoms with Crippen molar-refractivity contribution in [2.45, 2.75) is 4.90 Å². The number of rotatable bonds is 3. The summed E-state index contributed by atoms with van der Waals surface area (Å²) in [4.78, 5) is 11.8. The summed E-state index contributed by atoms with van der Waals surface area (Å²) in [6.45, 7) is 0. The third-order valence-electron chi connectivity index (χ3n) is 2.54. The number of aromatic carboxylic acids is 1. The first-order valence-electron chi connectivity index (χ1n) is 5.16. The van der Waals surface area contributed by atoms with Crippen LogP contribution in [0.5, 0.6) is 0 Å². The SMILES string of the molecule is CSc1ccc(-c2ccc(C(=O)[O-])cc2)cc1. The molecule has 0 saturated carbocycles. The highest BCUT2D eigenvalue weighted by atomic mass is 32.2. The van der Waals surface area contributed by atoms with Crippen LogP contribution < -0.4 is 5.11 Å². The van der Waals surface area contributed by atoms with Crippen molar-refractivity contribution >= 4 is 17.7 Å². The molecule has 0 fully saturated rings. The summed E-state index contributed by atoms with van der Waals surface area (Å²) in [5.74, 6) is -1.14. The largest absolute Gasteiger partial charge is 0.545 e. The lowest BCUT2D eigenvalue weighted by atomic mass is 10.0. The molecule has 17 heavy (non-hydrogen) atoms. The fourth-order valence-corrected chi connectivity index (χ4v) is 1.99. The van der Waals surface area contributed by atoms with Crippen LogP contribution in [-0.2, 0) is 0 Å². The summed E-state index contributed by atoms with van der Waals surface area (Å²) in [7, 11) is 0. The lowest BCUT2D eigenvalue weighted by molar-refractivity contribution is -0.255. The molecule has 0 aliphatic rings. The fourth-order valence-electron chi connectivity index (χ4n) is 1.58. The van der Waals surface area contributed by atoms with Crippen molar-refractivity contribution in [3.8, 4) is 11.1 Å². The zero-order valence-corrected chi connectivity index (χ0v) is 10.2. The van der Waals surface area contributed by atoms with Crippen LogP contribution in [0.4, 0.5) is 0 Å². The van der Waals surface area contributed by atoms with E-state index in [1.807, 2.05) is 30.5 Å². The number of carboxylic acids is 1. The zero-order valence-electron chi connectivity index (χ0n) is 9.34. The van der Waals surface area contributed by atoms with Crippen molar-refractivity contribution in [2.24, 2.45) is 0 Å². The van der Waals surface area contributed by atoms with E-state index in [0.29, 0.717) is 0 Å². The van der Waals surface area contributed by atoms with Gasteiger partial charge in [-0.05, 0) is 35.1 Å². The maximum Gasteiger partial charge on any atom is 0.0715 e. The van der Waals surface area contributed by atoms with Gasteiger partial charge in [0.05, 0.1) is 5.97 Å². The Morgan fingerprint density at radius 2 is 1.41 bits per heavy atom.